The van der Waals surface area contributed by atoms with Gasteiger partial charge in [-0.3, -0.25) is 0 Å². The molecule has 0 atom stereocenters. The van der Waals surface area contributed by atoms with E-state index in [-0.39, 0.29) is 0 Å². The van der Waals surface area contributed by atoms with Crippen molar-refractivity contribution in [3.8, 4) is 0 Å². The summed E-state index contributed by atoms with van der Waals surface area (Å²) in [5, 5.41) is 0. The highest BCUT2D eigenvalue weighted by Crippen LogP contribution is 2.21. The standard InChI is InChI=1S/C17H25NO/c1-15(19)6-5-11-18-12-9-17(10-13-18)14-16-7-3-2-4-8-16/h2-4,7-8,17H,5-6,9-14H2,1H3. The molecule has 2 heteroatoms. The number of nitrogens with zero attached hydrogens (tertiary/aromatic N) is 1. The maximum atomic E-state index is 10.9. The first-order valence-electron chi connectivity index (χ1n) is 7.50. The van der Waals surface area contributed by atoms with Crippen molar-refractivity contribution in [1.29, 1.82) is 0 Å². The van der Waals surface area contributed by atoms with Crippen molar-refractivity contribution in [3.05, 3.63) is 35.9 Å². The highest BCUT2D eigenvalue weighted by molar-refractivity contribution is 5.75. The van der Waals surface area contributed by atoms with Gasteiger partial charge in [-0.2, -0.15) is 0 Å². The van der Waals surface area contributed by atoms with Crippen molar-refractivity contribution < 1.29 is 4.79 Å². The highest BCUT2D eigenvalue weighted by atomic mass is 16.1. The van der Waals surface area contributed by atoms with Crippen molar-refractivity contribution in [2.75, 3.05) is 19.6 Å². The van der Waals surface area contributed by atoms with Gasteiger partial charge in [0.15, 0.2) is 0 Å². The maximum absolute atomic E-state index is 10.9. The first-order chi connectivity index (χ1) is 9.24. The lowest BCUT2D eigenvalue weighted by atomic mass is 9.90. The van der Waals surface area contributed by atoms with E-state index in [2.05, 4.69) is 35.2 Å². The van der Waals surface area contributed by atoms with E-state index >= 15 is 0 Å². The van der Waals surface area contributed by atoms with E-state index in [9.17, 15) is 4.79 Å². The van der Waals surface area contributed by atoms with Crippen LogP contribution in [0, 0.1) is 5.92 Å². The van der Waals surface area contributed by atoms with E-state index in [0.717, 1.165) is 25.3 Å². The first kappa shape index (κ1) is 14.3. The van der Waals surface area contributed by atoms with Gasteiger partial charge in [0.25, 0.3) is 0 Å². The minimum Gasteiger partial charge on any atom is -0.303 e. The molecule has 1 saturated heterocycles. The molecule has 19 heavy (non-hydrogen) atoms. The van der Waals surface area contributed by atoms with Crippen molar-refractivity contribution in [2.24, 2.45) is 5.92 Å². The van der Waals surface area contributed by atoms with Gasteiger partial charge in [0, 0.05) is 6.42 Å². The van der Waals surface area contributed by atoms with Crippen molar-refractivity contribution in [1.82, 2.24) is 4.90 Å². The van der Waals surface area contributed by atoms with E-state index in [0.29, 0.717) is 5.78 Å². The smallest absolute Gasteiger partial charge is 0.129 e. The summed E-state index contributed by atoms with van der Waals surface area (Å²) in [6.07, 6.45) is 5.59. The minimum absolute atomic E-state index is 0.318. The molecule has 0 bridgehead atoms. The molecule has 0 amide bonds. The fourth-order valence-corrected chi connectivity index (χ4v) is 2.91. The number of likely N-dealkylation sites (tertiary alicyclic amines) is 1. The van der Waals surface area contributed by atoms with Gasteiger partial charge >= 0.3 is 0 Å². The van der Waals surface area contributed by atoms with Gasteiger partial charge < -0.3 is 9.69 Å². The number of rotatable bonds is 6. The molecule has 2 rings (SSSR count). The summed E-state index contributed by atoms with van der Waals surface area (Å²) in [4.78, 5) is 13.4. The predicted molar refractivity (Wildman–Crippen MR) is 79.2 cm³/mol. The number of piperidine rings is 1. The average molecular weight is 259 g/mol. The first-order valence-corrected chi connectivity index (χ1v) is 7.50. The molecule has 0 aromatic heterocycles. The summed E-state index contributed by atoms with van der Waals surface area (Å²) in [5.74, 6) is 1.16. The molecule has 1 aliphatic heterocycles. The van der Waals surface area contributed by atoms with E-state index in [4.69, 9.17) is 0 Å². The van der Waals surface area contributed by atoms with Gasteiger partial charge in [-0.1, -0.05) is 30.3 Å². The van der Waals surface area contributed by atoms with Crippen LogP contribution in [0.25, 0.3) is 0 Å². The van der Waals surface area contributed by atoms with Crippen molar-refractivity contribution in [2.45, 2.75) is 39.0 Å². The molecular formula is C17H25NO. The fraction of sp³-hybridized carbons (Fsp3) is 0.588. The zero-order valence-electron chi connectivity index (χ0n) is 12.0. The van der Waals surface area contributed by atoms with E-state index in [1.54, 1.807) is 6.92 Å². The molecule has 0 radical (unpaired) electrons. The third-order valence-corrected chi connectivity index (χ3v) is 4.08. The summed E-state index contributed by atoms with van der Waals surface area (Å²) in [6.45, 7) is 5.19. The zero-order valence-corrected chi connectivity index (χ0v) is 12.0. The number of Topliss-reactive ketones (excluding diaryl/α,β-unsaturated/α-hetero) is 1. The zero-order chi connectivity index (χ0) is 13.5. The monoisotopic (exact) mass is 259 g/mol. The van der Waals surface area contributed by atoms with Crippen LogP contribution in [0.4, 0.5) is 0 Å². The van der Waals surface area contributed by atoms with Gasteiger partial charge in [0.1, 0.15) is 5.78 Å². The quantitative estimate of drug-likeness (QED) is 0.781. The number of carbonyl (C=O) groups excluding carboxylic acids is 1. The molecule has 0 aliphatic carbocycles. The molecule has 1 aromatic carbocycles. The average Bonchev–Trinajstić information content (AvgIpc) is 2.42. The number of hydrogen-bond donors (Lipinski definition) is 0. The molecule has 0 N–H and O–H groups in total. The lowest BCUT2D eigenvalue weighted by Gasteiger charge is -2.32. The summed E-state index contributed by atoms with van der Waals surface area (Å²) in [7, 11) is 0. The largest absolute Gasteiger partial charge is 0.303 e. The van der Waals surface area contributed by atoms with Crippen LogP contribution in [0.1, 0.15) is 38.2 Å². The molecule has 0 saturated carbocycles. The Morgan fingerprint density at radius 3 is 2.53 bits per heavy atom. The maximum Gasteiger partial charge on any atom is 0.129 e. The van der Waals surface area contributed by atoms with Crippen LogP contribution >= 0.6 is 0 Å². The Labute approximate surface area is 116 Å². The molecule has 1 heterocycles. The number of hydrogen-bond acceptors (Lipinski definition) is 2. The summed E-state index contributed by atoms with van der Waals surface area (Å²) in [6, 6.07) is 10.8. The molecule has 0 unspecified atom stereocenters. The summed E-state index contributed by atoms with van der Waals surface area (Å²) < 4.78 is 0. The molecule has 1 fully saturated rings. The van der Waals surface area contributed by atoms with Gasteiger partial charge in [0.2, 0.25) is 0 Å². The molecule has 104 valence electrons. The molecule has 0 spiro atoms. The molecule has 2 nitrogen and oxygen atoms in total. The van der Waals surface area contributed by atoms with E-state index in [1.165, 1.54) is 37.9 Å². The van der Waals surface area contributed by atoms with Gasteiger partial charge in [-0.15, -0.1) is 0 Å². The topological polar surface area (TPSA) is 20.3 Å². The second-order valence-corrected chi connectivity index (χ2v) is 5.78. The van der Waals surface area contributed by atoms with Crippen LogP contribution in [0.3, 0.4) is 0 Å². The molecule has 1 aliphatic rings. The number of ketones is 1. The van der Waals surface area contributed by atoms with Gasteiger partial charge in [0.05, 0.1) is 0 Å². The van der Waals surface area contributed by atoms with Crippen LogP contribution in [0.2, 0.25) is 0 Å². The van der Waals surface area contributed by atoms with E-state index in [1.807, 2.05) is 0 Å². The lowest BCUT2D eigenvalue weighted by Crippen LogP contribution is -2.35. The Kier molecular flexibility index (Phi) is 5.59. The van der Waals surface area contributed by atoms with Crippen LogP contribution in [-0.2, 0) is 11.2 Å². The Hall–Kier alpha value is -1.15. The Morgan fingerprint density at radius 2 is 1.89 bits per heavy atom. The Morgan fingerprint density at radius 1 is 1.21 bits per heavy atom. The number of benzene rings is 1. The third kappa shape index (κ3) is 5.15. The lowest BCUT2D eigenvalue weighted by molar-refractivity contribution is -0.117. The van der Waals surface area contributed by atoms with Crippen molar-refractivity contribution in [3.63, 3.8) is 0 Å². The number of carbonyl (C=O) groups is 1. The molecular weight excluding hydrogens is 234 g/mol. The third-order valence-electron chi connectivity index (χ3n) is 4.08. The van der Waals surface area contributed by atoms with Crippen LogP contribution in [0.5, 0.6) is 0 Å². The normalized spacial score (nSPS) is 17.5. The van der Waals surface area contributed by atoms with Gasteiger partial charge in [-0.05, 0) is 63.7 Å². The van der Waals surface area contributed by atoms with Crippen LogP contribution in [-0.4, -0.2) is 30.3 Å². The summed E-state index contributed by atoms with van der Waals surface area (Å²) >= 11 is 0. The Bertz CT molecular complexity index is 380. The van der Waals surface area contributed by atoms with Crippen LogP contribution in [0.15, 0.2) is 30.3 Å². The second kappa shape index (κ2) is 7.44. The SMILES string of the molecule is CC(=O)CCCN1CCC(Cc2ccccc2)CC1. The van der Waals surface area contributed by atoms with E-state index < -0.39 is 0 Å². The molecule has 1 aromatic rings. The highest BCUT2D eigenvalue weighted by Gasteiger charge is 2.18. The summed E-state index contributed by atoms with van der Waals surface area (Å²) in [5.41, 5.74) is 1.47. The van der Waals surface area contributed by atoms with Crippen LogP contribution < -0.4 is 0 Å². The van der Waals surface area contributed by atoms with Gasteiger partial charge in [-0.25, -0.2) is 0 Å². The second-order valence-electron chi connectivity index (χ2n) is 5.78. The minimum atomic E-state index is 0.318. The fourth-order valence-electron chi connectivity index (χ4n) is 2.91. The predicted octanol–water partition coefficient (Wildman–Crippen LogP) is 3.31. The van der Waals surface area contributed by atoms with Crippen molar-refractivity contribution >= 4 is 5.78 Å². The Balaban J connectivity index is 1.66.